The summed E-state index contributed by atoms with van der Waals surface area (Å²) in [6, 6.07) is 2.32. The molecule has 0 saturated carbocycles. The van der Waals surface area contributed by atoms with Crippen LogP contribution in [0.3, 0.4) is 0 Å². The molecule has 7 heteroatoms. The minimum Gasteiger partial charge on any atom is -0.453 e. The lowest BCUT2D eigenvalue weighted by atomic mass is 9.98. The molecular formula is C14H13F2NO4. The van der Waals surface area contributed by atoms with Gasteiger partial charge in [0.1, 0.15) is 6.10 Å². The first-order valence-corrected chi connectivity index (χ1v) is 6.55. The molecule has 2 fully saturated rings. The standard InChI is InChI=1S/C14H13F2NO4/c1-7-11-5-20-6-12(17(11)13(18)14(19)21-7)8-2-3-9(15)10(16)4-8/h2-4,7,11-12H,5-6H2,1H3/t7-,11+,12-/m0/s1. The largest absolute Gasteiger partial charge is 0.453 e. The lowest BCUT2D eigenvalue weighted by molar-refractivity contribution is -0.191. The summed E-state index contributed by atoms with van der Waals surface area (Å²) < 4.78 is 36.8. The molecule has 0 unspecified atom stereocenters. The summed E-state index contributed by atoms with van der Waals surface area (Å²) in [7, 11) is 0. The van der Waals surface area contributed by atoms with Crippen LogP contribution in [-0.4, -0.2) is 42.1 Å². The molecule has 112 valence electrons. The van der Waals surface area contributed by atoms with E-state index in [1.807, 2.05) is 0 Å². The first-order valence-electron chi connectivity index (χ1n) is 6.55. The number of cyclic esters (lactones) is 1. The molecular weight excluding hydrogens is 284 g/mol. The Bertz CT molecular complexity index is 607. The van der Waals surface area contributed by atoms with E-state index in [4.69, 9.17) is 9.47 Å². The molecule has 0 aliphatic carbocycles. The van der Waals surface area contributed by atoms with Crippen molar-refractivity contribution in [1.29, 1.82) is 0 Å². The number of carbonyl (C=O) groups is 2. The first kappa shape index (κ1) is 13.9. The molecule has 2 aliphatic rings. The van der Waals surface area contributed by atoms with Crippen molar-refractivity contribution in [2.75, 3.05) is 13.2 Å². The Morgan fingerprint density at radius 3 is 2.67 bits per heavy atom. The molecule has 1 aromatic carbocycles. The average Bonchev–Trinajstić information content (AvgIpc) is 2.47. The van der Waals surface area contributed by atoms with Gasteiger partial charge >= 0.3 is 11.9 Å². The van der Waals surface area contributed by atoms with E-state index < -0.39 is 41.7 Å². The quantitative estimate of drug-likeness (QED) is 0.577. The molecule has 3 atom stereocenters. The molecule has 0 N–H and O–H groups in total. The molecule has 1 aromatic rings. The highest BCUT2D eigenvalue weighted by atomic mass is 19.2. The third kappa shape index (κ3) is 2.27. The fraction of sp³-hybridized carbons (Fsp3) is 0.429. The van der Waals surface area contributed by atoms with E-state index in [-0.39, 0.29) is 13.2 Å². The first-order chi connectivity index (χ1) is 9.99. The van der Waals surface area contributed by atoms with Gasteiger partial charge in [-0.25, -0.2) is 13.6 Å². The number of benzene rings is 1. The number of ether oxygens (including phenoxy) is 2. The zero-order valence-electron chi connectivity index (χ0n) is 11.2. The van der Waals surface area contributed by atoms with E-state index in [9.17, 15) is 18.4 Å². The number of carbonyl (C=O) groups excluding carboxylic acids is 2. The van der Waals surface area contributed by atoms with Crippen LogP contribution in [-0.2, 0) is 19.1 Å². The number of nitrogens with zero attached hydrogens (tertiary/aromatic N) is 1. The van der Waals surface area contributed by atoms with Crippen LogP contribution in [0.15, 0.2) is 18.2 Å². The summed E-state index contributed by atoms with van der Waals surface area (Å²) in [6.07, 6.45) is -0.511. The molecule has 3 rings (SSSR count). The maximum absolute atomic E-state index is 13.4. The second-order valence-corrected chi connectivity index (χ2v) is 5.12. The van der Waals surface area contributed by atoms with Gasteiger partial charge in [0.25, 0.3) is 0 Å². The van der Waals surface area contributed by atoms with E-state index >= 15 is 0 Å². The van der Waals surface area contributed by atoms with Crippen LogP contribution >= 0.6 is 0 Å². The molecule has 0 spiro atoms. The molecule has 21 heavy (non-hydrogen) atoms. The Balaban J connectivity index is 1.98. The van der Waals surface area contributed by atoms with Crippen LogP contribution < -0.4 is 0 Å². The topological polar surface area (TPSA) is 55.8 Å². The van der Waals surface area contributed by atoms with Gasteiger partial charge < -0.3 is 14.4 Å². The van der Waals surface area contributed by atoms with Crippen molar-refractivity contribution in [3.63, 3.8) is 0 Å². The van der Waals surface area contributed by atoms with Crippen molar-refractivity contribution in [3.05, 3.63) is 35.4 Å². The molecule has 0 bridgehead atoms. The Morgan fingerprint density at radius 2 is 1.95 bits per heavy atom. The Morgan fingerprint density at radius 1 is 1.19 bits per heavy atom. The second kappa shape index (κ2) is 5.07. The van der Waals surface area contributed by atoms with Gasteiger partial charge in [-0.3, -0.25) is 4.79 Å². The Kier molecular flexibility index (Phi) is 3.36. The van der Waals surface area contributed by atoms with E-state index in [0.717, 1.165) is 12.1 Å². The highest BCUT2D eigenvalue weighted by Crippen LogP contribution is 2.32. The Labute approximate surface area is 119 Å². The zero-order chi connectivity index (χ0) is 15.1. The molecule has 2 heterocycles. The van der Waals surface area contributed by atoms with Crippen LogP contribution in [0.4, 0.5) is 8.78 Å². The van der Waals surface area contributed by atoms with Crippen LogP contribution in [0.2, 0.25) is 0 Å². The average molecular weight is 297 g/mol. The maximum Gasteiger partial charge on any atom is 0.397 e. The monoisotopic (exact) mass is 297 g/mol. The minimum atomic E-state index is -1.00. The van der Waals surface area contributed by atoms with Crippen molar-refractivity contribution < 1.29 is 27.8 Å². The number of rotatable bonds is 1. The number of fused-ring (bicyclic) bond motifs is 1. The predicted molar refractivity (Wildman–Crippen MR) is 66.1 cm³/mol. The van der Waals surface area contributed by atoms with Gasteiger partial charge in [0.05, 0.1) is 25.3 Å². The lowest BCUT2D eigenvalue weighted by Gasteiger charge is -2.46. The summed E-state index contributed by atoms with van der Waals surface area (Å²) >= 11 is 0. The number of amides is 1. The van der Waals surface area contributed by atoms with Gasteiger partial charge in [0, 0.05) is 0 Å². The molecule has 0 aromatic heterocycles. The van der Waals surface area contributed by atoms with Gasteiger partial charge in [-0.2, -0.15) is 0 Å². The van der Waals surface area contributed by atoms with E-state index in [1.54, 1.807) is 6.92 Å². The van der Waals surface area contributed by atoms with Crippen LogP contribution in [0.5, 0.6) is 0 Å². The van der Waals surface area contributed by atoms with Crippen molar-refractivity contribution >= 4 is 11.9 Å². The van der Waals surface area contributed by atoms with Gasteiger partial charge in [-0.1, -0.05) is 6.07 Å². The van der Waals surface area contributed by atoms with Crippen molar-refractivity contribution in [1.82, 2.24) is 4.90 Å². The number of hydrogen-bond donors (Lipinski definition) is 0. The minimum absolute atomic E-state index is 0.118. The Hall–Kier alpha value is -2.02. The highest BCUT2D eigenvalue weighted by molar-refractivity contribution is 6.33. The van der Waals surface area contributed by atoms with Crippen molar-refractivity contribution in [2.45, 2.75) is 25.1 Å². The number of esters is 1. The smallest absolute Gasteiger partial charge is 0.397 e. The third-order valence-corrected chi connectivity index (χ3v) is 3.83. The number of halogens is 2. The summed E-state index contributed by atoms with van der Waals surface area (Å²) in [5.41, 5.74) is 0.383. The summed E-state index contributed by atoms with van der Waals surface area (Å²) in [6.45, 7) is 2.02. The van der Waals surface area contributed by atoms with Gasteiger partial charge in [-0.05, 0) is 24.6 Å². The van der Waals surface area contributed by atoms with Crippen LogP contribution in [0.1, 0.15) is 18.5 Å². The fourth-order valence-corrected chi connectivity index (χ4v) is 2.73. The van der Waals surface area contributed by atoms with Gasteiger partial charge in [0.2, 0.25) is 0 Å². The van der Waals surface area contributed by atoms with Gasteiger partial charge in [0.15, 0.2) is 11.6 Å². The van der Waals surface area contributed by atoms with E-state index in [2.05, 4.69) is 0 Å². The number of hydrogen-bond acceptors (Lipinski definition) is 4. The zero-order valence-corrected chi connectivity index (χ0v) is 11.2. The summed E-state index contributed by atoms with van der Waals surface area (Å²) in [5, 5.41) is 0. The van der Waals surface area contributed by atoms with E-state index in [0.29, 0.717) is 5.56 Å². The summed E-state index contributed by atoms with van der Waals surface area (Å²) in [5.74, 6) is -3.69. The normalized spacial score (nSPS) is 29.1. The van der Waals surface area contributed by atoms with Crippen LogP contribution in [0, 0.1) is 11.6 Å². The molecule has 0 radical (unpaired) electrons. The maximum atomic E-state index is 13.4. The van der Waals surface area contributed by atoms with E-state index in [1.165, 1.54) is 11.0 Å². The molecule has 1 amide bonds. The fourth-order valence-electron chi connectivity index (χ4n) is 2.73. The van der Waals surface area contributed by atoms with Crippen molar-refractivity contribution in [3.8, 4) is 0 Å². The van der Waals surface area contributed by atoms with Gasteiger partial charge in [-0.15, -0.1) is 0 Å². The lowest BCUT2D eigenvalue weighted by Crippen LogP contribution is -2.61. The SMILES string of the molecule is C[C@@H]1OC(=O)C(=O)N2[C@@H]1COC[C@H]2c1ccc(F)c(F)c1. The second-order valence-electron chi connectivity index (χ2n) is 5.12. The molecule has 2 saturated heterocycles. The number of morpholine rings is 2. The summed E-state index contributed by atoms with van der Waals surface area (Å²) in [4.78, 5) is 25.0. The predicted octanol–water partition coefficient (Wildman–Crippen LogP) is 1.18. The van der Waals surface area contributed by atoms with Crippen LogP contribution in [0.25, 0.3) is 0 Å². The molecule has 5 nitrogen and oxygen atoms in total. The third-order valence-electron chi connectivity index (χ3n) is 3.83. The van der Waals surface area contributed by atoms with Crippen molar-refractivity contribution in [2.24, 2.45) is 0 Å². The molecule has 2 aliphatic heterocycles. The highest BCUT2D eigenvalue weighted by Gasteiger charge is 2.46.